The van der Waals surface area contributed by atoms with Gasteiger partial charge in [-0.2, -0.15) is 15.2 Å². The number of nitrogens with zero attached hydrogens (tertiary/aromatic N) is 7. The fraction of sp³-hybridized carbons (Fsp3) is 0.333. The molecule has 1 aliphatic heterocycles. The summed E-state index contributed by atoms with van der Waals surface area (Å²) < 4.78 is 17.6. The molecule has 1 fully saturated rings. The molecule has 0 unspecified atom stereocenters. The van der Waals surface area contributed by atoms with E-state index in [1.54, 1.807) is 35.4 Å². The fourth-order valence-corrected chi connectivity index (χ4v) is 3.57. The zero-order valence-electron chi connectivity index (χ0n) is 16.6. The van der Waals surface area contributed by atoms with Crippen LogP contribution in [0.1, 0.15) is 18.4 Å². The van der Waals surface area contributed by atoms with Crippen molar-refractivity contribution in [3.05, 3.63) is 60.4 Å². The number of fused-ring (bicyclic) bond motifs is 1. The summed E-state index contributed by atoms with van der Waals surface area (Å²) in [5, 5.41) is 12.8. The zero-order valence-corrected chi connectivity index (χ0v) is 16.6. The Kier molecular flexibility index (Phi) is 5.10. The van der Waals surface area contributed by atoms with E-state index in [-0.39, 0.29) is 5.82 Å². The SMILES string of the molecule is Fc1ccccc1Cn1ncc2cnc(Nc3cnn(CCCN4CCC4)c3)nc21. The number of aryl methyl sites for hydroxylation is 1. The Bertz CT molecular complexity index is 1150. The molecular weight excluding hydrogens is 383 g/mol. The summed E-state index contributed by atoms with van der Waals surface area (Å²) >= 11 is 0. The molecule has 9 heteroatoms. The van der Waals surface area contributed by atoms with Gasteiger partial charge in [0.05, 0.1) is 30.0 Å². The molecule has 30 heavy (non-hydrogen) atoms. The summed E-state index contributed by atoms with van der Waals surface area (Å²) in [7, 11) is 0. The van der Waals surface area contributed by atoms with Crippen molar-refractivity contribution in [3.63, 3.8) is 0 Å². The molecule has 1 N–H and O–H groups in total. The Labute approximate surface area is 173 Å². The van der Waals surface area contributed by atoms with Crippen LogP contribution in [0.15, 0.2) is 49.1 Å². The Morgan fingerprint density at radius 2 is 1.93 bits per heavy atom. The number of rotatable bonds is 8. The Hall–Kier alpha value is -3.33. The predicted octanol–water partition coefficient (Wildman–Crippen LogP) is 3.05. The van der Waals surface area contributed by atoms with Crippen LogP contribution in [0.5, 0.6) is 0 Å². The molecule has 1 saturated heterocycles. The first-order valence-corrected chi connectivity index (χ1v) is 10.2. The predicted molar refractivity (Wildman–Crippen MR) is 112 cm³/mol. The van der Waals surface area contributed by atoms with Gasteiger partial charge in [0.2, 0.25) is 5.95 Å². The minimum absolute atomic E-state index is 0.255. The number of benzene rings is 1. The van der Waals surface area contributed by atoms with Gasteiger partial charge in [-0.3, -0.25) is 4.68 Å². The molecule has 154 valence electrons. The third kappa shape index (κ3) is 4.02. The number of likely N-dealkylation sites (tertiary alicyclic amines) is 1. The average molecular weight is 406 g/mol. The van der Waals surface area contributed by atoms with Gasteiger partial charge >= 0.3 is 0 Å². The molecule has 4 aromatic rings. The highest BCUT2D eigenvalue weighted by Crippen LogP contribution is 2.18. The molecule has 0 bridgehead atoms. The van der Waals surface area contributed by atoms with Crippen molar-refractivity contribution in [2.24, 2.45) is 0 Å². The molecule has 0 saturated carbocycles. The van der Waals surface area contributed by atoms with E-state index in [0.29, 0.717) is 23.7 Å². The van der Waals surface area contributed by atoms with E-state index in [2.05, 4.69) is 30.4 Å². The van der Waals surface area contributed by atoms with E-state index < -0.39 is 0 Å². The number of halogens is 1. The van der Waals surface area contributed by atoms with Gasteiger partial charge in [0.1, 0.15) is 5.82 Å². The Balaban J connectivity index is 1.27. The van der Waals surface area contributed by atoms with Gasteiger partial charge in [-0.25, -0.2) is 14.1 Å². The Morgan fingerprint density at radius 3 is 2.77 bits per heavy atom. The molecule has 0 spiro atoms. The first-order chi connectivity index (χ1) is 14.7. The second-order valence-electron chi connectivity index (χ2n) is 7.53. The van der Waals surface area contributed by atoms with Gasteiger partial charge < -0.3 is 10.2 Å². The molecule has 3 aromatic heterocycles. The number of hydrogen-bond acceptors (Lipinski definition) is 6. The van der Waals surface area contributed by atoms with Crippen molar-refractivity contribution in [1.29, 1.82) is 0 Å². The molecule has 0 atom stereocenters. The molecule has 0 radical (unpaired) electrons. The lowest BCUT2D eigenvalue weighted by Gasteiger charge is -2.30. The van der Waals surface area contributed by atoms with E-state index in [0.717, 1.165) is 30.6 Å². The maximum atomic E-state index is 14.0. The zero-order chi connectivity index (χ0) is 20.3. The summed E-state index contributed by atoms with van der Waals surface area (Å²) in [4.78, 5) is 11.4. The highest BCUT2D eigenvalue weighted by molar-refractivity contribution is 5.75. The Morgan fingerprint density at radius 1 is 1.03 bits per heavy atom. The van der Waals surface area contributed by atoms with Gasteiger partial charge in [-0.15, -0.1) is 0 Å². The summed E-state index contributed by atoms with van der Waals surface area (Å²) in [5.41, 5.74) is 2.05. The summed E-state index contributed by atoms with van der Waals surface area (Å²) in [6.07, 6.45) is 9.54. The van der Waals surface area contributed by atoms with Gasteiger partial charge in [0, 0.05) is 24.5 Å². The van der Waals surface area contributed by atoms with Gasteiger partial charge in [0.25, 0.3) is 0 Å². The van der Waals surface area contributed by atoms with Gasteiger partial charge in [0.15, 0.2) is 5.65 Å². The van der Waals surface area contributed by atoms with Crippen molar-refractivity contribution < 1.29 is 4.39 Å². The van der Waals surface area contributed by atoms with Crippen molar-refractivity contribution in [3.8, 4) is 0 Å². The molecule has 0 aliphatic carbocycles. The minimum Gasteiger partial charge on any atom is -0.321 e. The quantitative estimate of drug-likeness (QED) is 0.485. The first-order valence-electron chi connectivity index (χ1n) is 10.2. The number of nitrogens with one attached hydrogen (secondary N) is 1. The van der Waals surface area contributed by atoms with E-state index in [1.807, 2.05) is 16.9 Å². The van der Waals surface area contributed by atoms with Crippen molar-refractivity contribution in [2.45, 2.75) is 25.9 Å². The highest BCUT2D eigenvalue weighted by atomic mass is 19.1. The van der Waals surface area contributed by atoms with Crippen molar-refractivity contribution in [2.75, 3.05) is 25.0 Å². The van der Waals surface area contributed by atoms with E-state index in [1.165, 1.54) is 25.6 Å². The van der Waals surface area contributed by atoms with Crippen LogP contribution < -0.4 is 5.32 Å². The molecule has 0 amide bonds. The van der Waals surface area contributed by atoms with Gasteiger partial charge in [-0.1, -0.05) is 18.2 Å². The smallest absolute Gasteiger partial charge is 0.229 e. The monoisotopic (exact) mass is 406 g/mol. The summed E-state index contributed by atoms with van der Waals surface area (Å²) in [5.74, 6) is 0.202. The molecule has 1 aliphatic rings. The summed E-state index contributed by atoms with van der Waals surface area (Å²) in [6.45, 7) is 4.75. The number of anilines is 2. The largest absolute Gasteiger partial charge is 0.321 e. The van der Waals surface area contributed by atoms with Crippen LogP contribution in [0.25, 0.3) is 11.0 Å². The fourth-order valence-electron chi connectivity index (χ4n) is 3.57. The van der Waals surface area contributed by atoms with E-state index in [9.17, 15) is 4.39 Å². The number of hydrogen-bond donors (Lipinski definition) is 1. The second-order valence-corrected chi connectivity index (χ2v) is 7.53. The van der Waals surface area contributed by atoms with Crippen molar-refractivity contribution >= 4 is 22.7 Å². The minimum atomic E-state index is -0.255. The lowest BCUT2D eigenvalue weighted by Crippen LogP contribution is -2.38. The normalized spacial score (nSPS) is 14.2. The standard InChI is InChI=1S/C21H23FN8/c22-19-6-2-1-5-16(19)14-30-20-17(12-25-30)11-23-21(27-20)26-18-13-24-29(15-18)10-4-9-28-7-3-8-28/h1-2,5-6,11-13,15H,3-4,7-10,14H2,(H,23,26,27). The maximum Gasteiger partial charge on any atom is 0.229 e. The van der Waals surface area contributed by atoms with E-state index in [4.69, 9.17) is 0 Å². The number of aromatic nitrogens is 6. The average Bonchev–Trinajstić information content (AvgIpc) is 3.32. The van der Waals surface area contributed by atoms with Crippen LogP contribution in [0.3, 0.4) is 0 Å². The van der Waals surface area contributed by atoms with Crippen LogP contribution in [-0.2, 0) is 13.1 Å². The van der Waals surface area contributed by atoms with Crippen molar-refractivity contribution in [1.82, 2.24) is 34.4 Å². The third-order valence-electron chi connectivity index (χ3n) is 5.35. The highest BCUT2D eigenvalue weighted by Gasteiger charge is 2.13. The maximum absolute atomic E-state index is 14.0. The molecule has 4 heterocycles. The van der Waals surface area contributed by atoms with Crippen LogP contribution in [0, 0.1) is 5.82 Å². The second kappa shape index (κ2) is 8.19. The van der Waals surface area contributed by atoms with Crippen LogP contribution in [0.4, 0.5) is 16.0 Å². The molecular formula is C21H23FN8. The lowest BCUT2D eigenvalue weighted by atomic mass is 10.2. The van der Waals surface area contributed by atoms with Crippen LogP contribution in [0.2, 0.25) is 0 Å². The molecule has 1 aromatic carbocycles. The topological polar surface area (TPSA) is 76.7 Å². The van der Waals surface area contributed by atoms with Crippen LogP contribution >= 0.6 is 0 Å². The third-order valence-corrected chi connectivity index (χ3v) is 5.35. The molecule has 8 nitrogen and oxygen atoms in total. The first kappa shape index (κ1) is 18.7. The van der Waals surface area contributed by atoms with Crippen LogP contribution in [-0.4, -0.2) is 54.1 Å². The lowest BCUT2D eigenvalue weighted by molar-refractivity contribution is 0.176. The van der Waals surface area contributed by atoms with E-state index >= 15 is 0 Å². The van der Waals surface area contributed by atoms with Gasteiger partial charge in [-0.05, 0) is 38.5 Å². The summed E-state index contributed by atoms with van der Waals surface area (Å²) in [6, 6.07) is 6.69. The molecule has 5 rings (SSSR count).